The van der Waals surface area contributed by atoms with E-state index in [4.69, 9.17) is 5.11 Å². The fourth-order valence-corrected chi connectivity index (χ4v) is 1.85. The highest BCUT2D eigenvalue weighted by molar-refractivity contribution is 7.09. The molecular formula is C9H12F3N3O2S. The van der Waals surface area contributed by atoms with Crippen LogP contribution >= 0.6 is 11.5 Å². The van der Waals surface area contributed by atoms with E-state index < -0.39 is 24.0 Å². The molecule has 1 aromatic rings. The van der Waals surface area contributed by atoms with Gasteiger partial charge in [0.25, 0.3) is 0 Å². The molecule has 0 aliphatic carbocycles. The maximum Gasteiger partial charge on any atom is 0.452 e. The summed E-state index contributed by atoms with van der Waals surface area (Å²) in [6.07, 6.45) is -2.82. The van der Waals surface area contributed by atoms with E-state index in [2.05, 4.69) is 14.7 Å². The minimum Gasteiger partial charge on any atom is -0.480 e. The van der Waals surface area contributed by atoms with Gasteiger partial charge in [-0.3, -0.25) is 0 Å². The Morgan fingerprint density at radius 2 is 2.22 bits per heavy atom. The molecule has 2 N–H and O–H groups in total. The first-order valence-electron chi connectivity index (χ1n) is 5.24. The molecule has 0 unspecified atom stereocenters. The van der Waals surface area contributed by atoms with Crippen LogP contribution in [0.2, 0.25) is 0 Å². The summed E-state index contributed by atoms with van der Waals surface area (Å²) < 4.78 is 39.8. The Morgan fingerprint density at radius 3 is 2.67 bits per heavy atom. The van der Waals surface area contributed by atoms with Gasteiger partial charge in [-0.15, -0.1) is 0 Å². The average Bonchev–Trinajstić information content (AvgIpc) is 2.71. The number of carbonyl (C=O) groups is 1. The third-order valence-corrected chi connectivity index (χ3v) is 2.77. The second kappa shape index (κ2) is 5.98. The van der Waals surface area contributed by atoms with Crippen molar-refractivity contribution in [2.24, 2.45) is 0 Å². The highest BCUT2D eigenvalue weighted by Crippen LogP contribution is 2.29. The number of rotatable bonds is 6. The minimum atomic E-state index is -4.61. The van der Waals surface area contributed by atoms with Crippen molar-refractivity contribution in [3.05, 3.63) is 5.82 Å². The van der Waals surface area contributed by atoms with Crippen molar-refractivity contribution >= 4 is 22.6 Å². The number of unbranched alkanes of at least 4 members (excludes halogenated alkanes) is 1. The van der Waals surface area contributed by atoms with Crippen molar-refractivity contribution in [2.45, 2.75) is 38.4 Å². The van der Waals surface area contributed by atoms with Crippen LogP contribution in [-0.4, -0.2) is 26.5 Å². The summed E-state index contributed by atoms with van der Waals surface area (Å²) in [4.78, 5) is 14.1. The van der Waals surface area contributed by atoms with E-state index in [1.54, 1.807) is 0 Å². The number of carboxylic acid groups (broad SMARTS) is 1. The van der Waals surface area contributed by atoms with Crippen LogP contribution in [-0.2, 0) is 11.0 Å². The summed E-state index contributed by atoms with van der Waals surface area (Å²) in [5.41, 5.74) is 0. The molecule has 5 nitrogen and oxygen atoms in total. The molecule has 0 saturated heterocycles. The number of hydrogen-bond donors (Lipinski definition) is 2. The number of nitrogens with zero attached hydrogens (tertiary/aromatic N) is 2. The summed E-state index contributed by atoms with van der Waals surface area (Å²) in [5.74, 6) is -2.37. The lowest BCUT2D eigenvalue weighted by Gasteiger charge is -2.12. The SMILES string of the molecule is CCCC[C@H](Nc1nc(C(F)(F)F)ns1)C(=O)O. The van der Waals surface area contributed by atoms with Crippen LogP contribution in [0.5, 0.6) is 0 Å². The fraction of sp³-hybridized carbons (Fsp3) is 0.667. The average molecular weight is 283 g/mol. The molecule has 102 valence electrons. The normalized spacial score (nSPS) is 13.3. The zero-order valence-corrected chi connectivity index (χ0v) is 10.3. The molecule has 0 bridgehead atoms. The topological polar surface area (TPSA) is 75.1 Å². The Morgan fingerprint density at radius 1 is 1.56 bits per heavy atom. The van der Waals surface area contributed by atoms with Gasteiger partial charge in [0.05, 0.1) is 0 Å². The van der Waals surface area contributed by atoms with Crippen molar-refractivity contribution in [1.29, 1.82) is 0 Å². The third kappa shape index (κ3) is 4.13. The van der Waals surface area contributed by atoms with Crippen molar-refractivity contribution in [1.82, 2.24) is 9.36 Å². The standard InChI is InChI=1S/C9H12F3N3O2S/c1-2-3-4-5(6(16)17)13-8-14-7(15-18-8)9(10,11)12/h5H,2-4H2,1H3,(H,16,17)(H,13,14,15)/t5-/m0/s1. The third-order valence-electron chi connectivity index (χ3n) is 2.12. The van der Waals surface area contributed by atoms with E-state index in [0.717, 1.165) is 6.42 Å². The molecule has 0 spiro atoms. The zero-order valence-electron chi connectivity index (χ0n) is 9.49. The predicted octanol–water partition coefficient (Wildman–Crippen LogP) is 2.61. The van der Waals surface area contributed by atoms with Gasteiger partial charge < -0.3 is 10.4 Å². The quantitative estimate of drug-likeness (QED) is 0.839. The van der Waals surface area contributed by atoms with Crippen LogP contribution in [0.1, 0.15) is 32.0 Å². The number of aliphatic carboxylic acids is 1. The molecule has 0 aliphatic heterocycles. The van der Waals surface area contributed by atoms with Crippen molar-refractivity contribution < 1.29 is 23.1 Å². The van der Waals surface area contributed by atoms with E-state index in [9.17, 15) is 18.0 Å². The summed E-state index contributed by atoms with van der Waals surface area (Å²) in [6.45, 7) is 1.89. The molecule has 0 aromatic carbocycles. The first-order chi connectivity index (χ1) is 8.34. The van der Waals surface area contributed by atoms with Crippen LogP contribution < -0.4 is 5.32 Å². The molecule has 1 aromatic heterocycles. The monoisotopic (exact) mass is 283 g/mol. The zero-order chi connectivity index (χ0) is 13.8. The molecule has 9 heteroatoms. The van der Waals surface area contributed by atoms with Crippen molar-refractivity contribution in [2.75, 3.05) is 5.32 Å². The molecule has 0 amide bonds. The van der Waals surface area contributed by atoms with Gasteiger partial charge in [-0.25, -0.2) is 4.79 Å². The van der Waals surface area contributed by atoms with Crippen LogP contribution in [0.25, 0.3) is 0 Å². The summed E-state index contributed by atoms with van der Waals surface area (Å²) in [7, 11) is 0. The number of alkyl halides is 3. The predicted molar refractivity (Wildman–Crippen MR) is 59.5 cm³/mol. The van der Waals surface area contributed by atoms with E-state index in [-0.39, 0.29) is 5.13 Å². The minimum absolute atomic E-state index is 0.133. The molecular weight excluding hydrogens is 271 g/mol. The van der Waals surface area contributed by atoms with Crippen LogP contribution in [0, 0.1) is 0 Å². The lowest BCUT2D eigenvalue weighted by atomic mass is 10.1. The molecule has 1 heterocycles. The first-order valence-corrected chi connectivity index (χ1v) is 6.02. The van der Waals surface area contributed by atoms with Gasteiger partial charge in [-0.1, -0.05) is 19.8 Å². The van der Waals surface area contributed by atoms with Gasteiger partial charge >= 0.3 is 12.1 Å². The second-order valence-corrected chi connectivity index (χ2v) is 4.35. The fourth-order valence-electron chi connectivity index (χ4n) is 1.21. The number of carboxylic acids is 1. The second-order valence-electron chi connectivity index (χ2n) is 3.60. The number of halogens is 3. The Hall–Kier alpha value is -1.38. The van der Waals surface area contributed by atoms with Gasteiger partial charge in [0.2, 0.25) is 11.0 Å². The maximum atomic E-state index is 12.2. The van der Waals surface area contributed by atoms with Gasteiger partial charge in [0.15, 0.2) is 0 Å². The van der Waals surface area contributed by atoms with Gasteiger partial charge in [0, 0.05) is 11.5 Å². The molecule has 0 saturated carbocycles. The molecule has 1 atom stereocenters. The molecule has 0 radical (unpaired) electrons. The lowest BCUT2D eigenvalue weighted by molar-refractivity contribution is -0.144. The summed E-state index contributed by atoms with van der Waals surface area (Å²) in [6, 6.07) is -0.945. The number of nitrogens with one attached hydrogen (secondary N) is 1. The number of hydrogen-bond acceptors (Lipinski definition) is 5. The van der Waals surface area contributed by atoms with Crippen molar-refractivity contribution in [3.63, 3.8) is 0 Å². The number of aromatic nitrogens is 2. The largest absolute Gasteiger partial charge is 0.480 e. The van der Waals surface area contributed by atoms with E-state index in [1.165, 1.54) is 0 Å². The van der Waals surface area contributed by atoms with Gasteiger partial charge in [-0.2, -0.15) is 22.5 Å². The highest BCUT2D eigenvalue weighted by Gasteiger charge is 2.36. The Balaban J connectivity index is 2.69. The molecule has 0 fully saturated rings. The maximum absolute atomic E-state index is 12.2. The number of anilines is 1. The van der Waals surface area contributed by atoms with E-state index >= 15 is 0 Å². The van der Waals surface area contributed by atoms with E-state index in [1.807, 2.05) is 6.92 Å². The lowest BCUT2D eigenvalue weighted by Crippen LogP contribution is -2.29. The van der Waals surface area contributed by atoms with Crippen LogP contribution in [0.4, 0.5) is 18.3 Å². The molecule has 18 heavy (non-hydrogen) atoms. The summed E-state index contributed by atoms with van der Waals surface area (Å²) >= 11 is 0.500. The Bertz CT molecular complexity index is 408. The smallest absolute Gasteiger partial charge is 0.452 e. The van der Waals surface area contributed by atoms with E-state index in [0.29, 0.717) is 24.4 Å². The van der Waals surface area contributed by atoms with Gasteiger partial charge in [-0.05, 0) is 6.42 Å². The van der Waals surface area contributed by atoms with Gasteiger partial charge in [0.1, 0.15) is 6.04 Å². The highest BCUT2D eigenvalue weighted by atomic mass is 32.1. The Kier molecular flexibility index (Phi) is 4.88. The van der Waals surface area contributed by atoms with Crippen LogP contribution in [0.3, 0.4) is 0 Å². The van der Waals surface area contributed by atoms with Crippen molar-refractivity contribution in [3.8, 4) is 0 Å². The van der Waals surface area contributed by atoms with Crippen LogP contribution in [0.15, 0.2) is 0 Å². The summed E-state index contributed by atoms with van der Waals surface area (Å²) in [5, 5.41) is 11.2. The molecule has 0 aliphatic rings. The molecule has 1 rings (SSSR count). The first kappa shape index (κ1) is 14.7. The Labute approximate surface area is 105 Å².